The molecule has 0 aliphatic rings. The Morgan fingerprint density at radius 2 is 2.12 bits per heavy atom. The maximum absolute atomic E-state index is 13.4. The van der Waals surface area contributed by atoms with E-state index in [9.17, 15) is 14.0 Å². The first-order valence-electron chi connectivity index (χ1n) is 5.10. The predicted octanol–water partition coefficient (Wildman–Crippen LogP) is 0.473. The predicted molar refractivity (Wildman–Crippen MR) is 62.1 cm³/mol. The van der Waals surface area contributed by atoms with Crippen molar-refractivity contribution in [1.29, 1.82) is 0 Å². The molecular formula is C11H14FN3O2. The molecular weight excluding hydrogens is 225 g/mol. The summed E-state index contributed by atoms with van der Waals surface area (Å²) in [6, 6.07) is 3.79. The van der Waals surface area contributed by atoms with Crippen molar-refractivity contribution in [3.8, 4) is 0 Å². The zero-order chi connectivity index (χ0) is 12.8. The maximum Gasteiger partial charge on any atom is 0.254 e. The van der Waals surface area contributed by atoms with Gasteiger partial charge in [0, 0.05) is 25.7 Å². The van der Waals surface area contributed by atoms with Gasteiger partial charge >= 0.3 is 0 Å². The van der Waals surface area contributed by atoms with Crippen LogP contribution in [0.1, 0.15) is 17.3 Å². The van der Waals surface area contributed by atoms with E-state index in [0.717, 1.165) is 6.07 Å². The van der Waals surface area contributed by atoms with Crippen molar-refractivity contribution < 1.29 is 14.0 Å². The van der Waals surface area contributed by atoms with Crippen LogP contribution in [-0.4, -0.2) is 24.9 Å². The molecule has 5 nitrogen and oxygen atoms in total. The van der Waals surface area contributed by atoms with Crippen LogP contribution >= 0.6 is 0 Å². The summed E-state index contributed by atoms with van der Waals surface area (Å²) in [6.45, 7) is 1.87. The van der Waals surface area contributed by atoms with Crippen molar-refractivity contribution in [1.82, 2.24) is 5.32 Å². The smallest absolute Gasteiger partial charge is 0.254 e. The van der Waals surface area contributed by atoms with E-state index in [0.29, 0.717) is 5.69 Å². The Kier molecular flexibility index (Phi) is 4.59. The minimum Gasteiger partial charge on any atom is -0.351 e. The Labute approximate surface area is 98.2 Å². The van der Waals surface area contributed by atoms with Gasteiger partial charge in [0.25, 0.3) is 5.91 Å². The Morgan fingerprint density at radius 1 is 1.41 bits per heavy atom. The third-order valence-electron chi connectivity index (χ3n) is 1.96. The van der Waals surface area contributed by atoms with E-state index in [1.54, 1.807) is 0 Å². The summed E-state index contributed by atoms with van der Waals surface area (Å²) < 4.78 is 13.4. The molecule has 0 fully saturated rings. The zero-order valence-electron chi connectivity index (χ0n) is 9.42. The molecule has 0 heterocycles. The number of benzene rings is 1. The van der Waals surface area contributed by atoms with Gasteiger partial charge in [0.15, 0.2) is 0 Å². The van der Waals surface area contributed by atoms with Gasteiger partial charge in [0.05, 0.1) is 5.56 Å². The van der Waals surface area contributed by atoms with Crippen LogP contribution in [0.4, 0.5) is 10.1 Å². The topological polar surface area (TPSA) is 84.2 Å². The number of nitrogens with one attached hydrogen (secondary N) is 2. The molecule has 17 heavy (non-hydrogen) atoms. The second-order valence-electron chi connectivity index (χ2n) is 3.42. The second kappa shape index (κ2) is 5.95. The minimum absolute atomic E-state index is 0.121. The number of hydrogen-bond acceptors (Lipinski definition) is 3. The van der Waals surface area contributed by atoms with E-state index in [2.05, 4.69) is 10.6 Å². The molecule has 1 aromatic carbocycles. The Balaban J connectivity index is 2.89. The fourth-order valence-corrected chi connectivity index (χ4v) is 1.26. The third kappa shape index (κ3) is 3.84. The van der Waals surface area contributed by atoms with E-state index in [1.165, 1.54) is 19.1 Å². The van der Waals surface area contributed by atoms with Crippen LogP contribution in [0.2, 0.25) is 0 Å². The van der Waals surface area contributed by atoms with E-state index >= 15 is 0 Å². The van der Waals surface area contributed by atoms with Crippen molar-refractivity contribution in [2.24, 2.45) is 5.73 Å². The van der Waals surface area contributed by atoms with Crippen LogP contribution in [0, 0.1) is 5.82 Å². The van der Waals surface area contributed by atoms with Crippen molar-refractivity contribution in [2.75, 3.05) is 18.4 Å². The van der Waals surface area contributed by atoms with Gasteiger partial charge < -0.3 is 16.4 Å². The third-order valence-corrected chi connectivity index (χ3v) is 1.96. The Bertz CT molecular complexity index is 435. The Hall–Kier alpha value is -1.95. The van der Waals surface area contributed by atoms with E-state index in [-0.39, 0.29) is 24.6 Å². The molecule has 0 unspecified atom stereocenters. The molecule has 0 aliphatic carbocycles. The number of carbonyl (C=O) groups excluding carboxylic acids is 2. The molecule has 2 amide bonds. The van der Waals surface area contributed by atoms with Crippen molar-refractivity contribution >= 4 is 17.5 Å². The van der Waals surface area contributed by atoms with E-state index in [4.69, 9.17) is 5.73 Å². The summed E-state index contributed by atoms with van der Waals surface area (Å²) in [5, 5.41) is 4.93. The lowest BCUT2D eigenvalue weighted by molar-refractivity contribution is -0.114. The molecule has 0 bridgehead atoms. The normalized spacial score (nSPS) is 9.82. The highest BCUT2D eigenvalue weighted by molar-refractivity contribution is 5.97. The molecule has 1 aromatic rings. The van der Waals surface area contributed by atoms with Gasteiger partial charge in [-0.1, -0.05) is 0 Å². The first-order valence-corrected chi connectivity index (χ1v) is 5.10. The molecule has 0 aromatic heterocycles. The molecule has 0 saturated heterocycles. The molecule has 0 saturated carbocycles. The molecule has 6 heteroatoms. The second-order valence-corrected chi connectivity index (χ2v) is 3.42. The van der Waals surface area contributed by atoms with Crippen molar-refractivity contribution in [2.45, 2.75) is 6.92 Å². The van der Waals surface area contributed by atoms with Crippen LogP contribution in [0.3, 0.4) is 0 Å². The molecule has 0 atom stereocenters. The number of rotatable bonds is 4. The Morgan fingerprint density at radius 3 is 2.71 bits per heavy atom. The van der Waals surface area contributed by atoms with Gasteiger partial charge in [-0.05, 0) is 18.2 Å². The summed E-state index contributed by atoms with van der Waals surface area (Å²) in [6.07, 6.45) is 0. The quantitative estimate of drug-likeness (QED) is 0.714. The fourth-order valence-electron chi connectivity index (χ4n) is 1.26. The molecule has 0 radical (unpaired) electrons. The van der Waals surface area contributed by atoms with Crippen LogP contribution in [0.25, 0.3) is 0 Å². The molecule has 4 N–H and O–H groups in total. The van der Waals surface area contributed by atoms with Crippen LogP contribution in [0.5, 0.6) is 0 Å². The van der Waals surface area contributed by atoms with Gasteiger partial charge in [-0.3, -0.25) is 9.59 Å². The highest BCUT2D eigenvalue weighted by Crippen LogP contribution is 2.14. The average Bonchev–Trinajstić information content (AvgIpc) is 2.28. The molecule has 92 valence electrons. The van der Waals surface area contributed by atoms with Crippen molar-refractivity contribution in [3.05, 3.63) is 29.6 Å². The summed E-state index contributed by atoms with van der Waals surface area (Å²) in [4.78, 5) is 22.4. The van der Waals surface area contributed by atoms with Gasteiger partial charge in [0.1, 0.15) is 5.82 Å². The number of amides is 2. The zero-order valence-corrected chi connectivity index (χ0v) is 9.42. The van der Waals surface area contributed by atoms with Gasteiger partial charge in [-0.15, -0.1) is 0 Å². The first-order chi connectivity index (χ1) is 8.04. The van der Waals surface area contributed by atoms with E-state index in [1.807, 2.05) is 0 Å². The molecule has 0 aliphatic heterocycles. The first kappa shape index (κ1) is 13.1. The lowest BCUT2D eigenvalue weighted by Crippen LogP contribution is -2.29. The summed E-state index contributed by atoms with van der Waals surface area (Å²) in [5.74, 6) is -1.49. The minimum atomic E-state index is -0.645. The van der Waals surface area contributed by atoms with Gasteiger partial charge in [0.2, 0.25) is 5.91 Å². The van der Waals surface area contributed by atoms with Crippen molar-refractivity contribution in [3.63, 3.8) is 0 Å². The number of hydrogen-bond donors (Lipinski definition) is 3. The van der Waals surface area contributed by atoms with E-state index < -0.39 is 11.7 Å². The van der Waals surface area contributed by atoms with Crippen LogP contribution in [0.15, 0.2) is 18.2 Å². The summed E-state index contributed by atoms with van der Waals surface area (Å²) in [5.41, 5.74) is 5.47. The molecule has 0 spiro atoms. The van der Waals surface area contributed by atoms with Gasteiger partial charge in [-0.2, -0.15) is 0 Å². The lowest BCUT2D eigenvalue weighted by atomic mass is 10.1. The number of nitrogens with two attached hydrogens (primary N) is 1. The SMILES string of the molecule is CC(=O)Nc1ccc(F)c(C(=O)NCCN)c1. The summed E-state index contributed by atoms with van der Waals surface area (Å²) in [7, 11) is 0. The lowest BCUT2D eigenvalue weighted by Gasteiger charge is -2.07. The largest absolute Gasteiger partial charge is 0.351 e. The standard InChI is InChI=1S/C11H14FN3O2/c1-7(16)15-8-2-3-10(12)9(6-8)11(17)14-5-4-13/h2-3,6H,4-5,13H2,1H3,(H,14,17)(H,15,16). The highest BCUT2D eigenvalue weighted by Gasteiger charge is 2.12. The fraction of sp³-hybridized carbons (Fsp3) is 0.273. The number of anilines is 1. The molecule has 1 rings (SSSR count). The number of halogens is 1. The summed E-state index contributed by atoms with van der Waals surface area (Å²) >= 11 is 0. The monoisotopic (exact) mass is 239 g/mol. The van der Waals surface area contributed by atoms with Crippen LogP contribution in [-0.2, 0) is 4.79 Å². The maximum atomic E-state index is 13.4. The highest BCUT2D eigenvalue weighted by atomic mass is 19.1. The average molecular weight is 239 g/mol. The number of carbonyl (C=O) groups is 2. The van der Waals surface area contributed by atoms with Gasteiger partial charge in [-0.25, -0.2) is 4.39 Å². The van der Waals surface area contributed by atoms with Crippen LogP contribution < -0.4 is 16.4 Å².